The topological polar surface area (TPSA) is 163 Å². The summed E-state index contributed by atoms with van der Waals surface area (Å²) < 4.78 is 16.4. The molecule has 0 saturated carbocycles. The van der Waals surface area contributed by atoms with E-state index in [2.05, 4.69) is 262 Å². The van der Waals surface area contributed by atoms with Crippen LogP contribution in [0.3, 0.4) is 0 Å². The summed E-state index contributed by atoms with van der Waals surface area (Å²) in [7, 11) is 0. The Morgan fingerprint density at radius 1 is 0.284 bits per heavy atom. The molecule has 14 aromatic heterocycles. The fourth-order valence-corrected chi connectivity index (χ4v) is 15.6. The molecule has 0 aliphatic rings. The summed E-state index contributed by atoms with van der Waals surface area (Å²) in [4.78, 5) is 45.1. The summed E-state index contributed by atoms with van der Waals surface area (Å²) in [5.41, 5.74) is 25.8. The van der Waals surface area contributed by atoms with Crippen molar-refractivity contribution in [2.75, 3.05) is 0 Å². The molecule has 0 bridgehead atoms. The molecule has 0 amide bonds. The minimum atomic E-state index is 0.839. The molecule has 515 valence electrons. The van der Waals surface area contributed by atoms with Gasteiger partial charge in [-0.15, -0.1) is 0 Å². The summed E-state index contributed by atoms with van der Waals surface area (Å²) in [5, 5.41) is 10.1. The number of rotatable bonds is 8. The third-order valence-corrected chi connectivity index (χ3v) is 20.4. The van der Waals surface area contributed by atoms with E-state index in [9.17, 15) is 0 Å². The molecule has 0 saturated heterocycles. The number of aromatic nitrogens is 15. The van der Waals surface area contributed by atoms with Crippen molar-refractivity contribution < 1.29 is 3.79 Å². The number of aryl methyl sites for hydroxylation is 2. The Hall–Kier alpha value is -14.4. The average Bonchev–Trinajstić information content (AvgIpc) is 1.67. The molecular formula is C92H63AlN15O. The first kappa shape index (κ1) is 65.4. The van der Waals surface area contributed by atoms with Crippen molar-refractivity contribution in [1.82, 2.24) is 72.7 Å². The lowest BCUT2D eigenvalue weighted by Crippen LogP contribution is -2.02. The Morgan fingerprint density at radius 2 is 0.679 bits per heavy atom. The second-order valence-corrected chi connectivity index (χ2v) is 26.9. The maximum Gasteiger partial charge on any atom is 0.494 e. The molecule has 0 aliphatic heterocycles. The predicted octanol–water partition coefficient (Wildman–Crippen LogP) is 20.5. The van der Waals surface area contributed by atoms with Gasteiger partial charge < -0.3 is 26.6 Å². The highest BCUT2D eigenvalue weighted by atomic mass is 27.1. The number of pyridine rings is 9. The van der Waals surface area contributed by atoms with Crippen molar-refractivity contribution in [3.8, 4) is 56.4 Å². The van der Waals surface area contributed by atoms with Crippen molar-refractivity contribution >= 4 is 137 Å². The second kappa shape index (κ2) is 27.9. The molecule has 0 unspecified atom stereocenters. The number of hydrogen-bond donors (Lipinski definition) is 0. The third-order valence-electron chi connectivity index (χ3n) is 20.1. The van der Waals surface area contributed by atoms with Crippen LogP contribution in [0, 0.1) is 13.8 Å². The molecule has 0 atom stereocenters. The van der Waals surface area contributed by atoms with Crippen molar-refractivity contribution in [2.24, 2.45) is 0 Å². The predicted molar refractivity (Wildman–Crippen MR) is 441 cm³/mol. The first-order valence-corrected chi connectivity index (χ1v) is 36.3. The lowest BCUT2D eigenvalue weighted by molar-refractivity contribution is 0.622. The van der Waals surface area contributed by atoms with Gasteiger partial charge in [-0.05, 0) is 163 Å². The van der Waals surface area contributed by atoms with Crippen molar-refractivity contribution in [3.05, 3.63) is 353 Å². The number of hydrogen-bond acceptors (Lipinski definition) is 11. The molecule has 17 heteroatoms. The molecule has 16 nitrogen and oxygen atoms in total. The van der Waals surface area contributed by atoms with Crippen LogP contribution in [-0.2, 0) is 0 Å². The fraction of sp³-hybridized carbons (Fsp3) is 0.0217. The van der Waals surface area contributed by atoms with Crippen LogP contribution < -0.4 is 3.79 Å². The first-order valence-electron chi connectivity index (χ1n) is 35.8. The maximum absolute atomic E-state index is 5.19. The van der Waals surface area contributed by atoms with E-state index in [0.29, 0.717) is 0 Å². The zero-order chi connectivity index (χ0) is 72.9. The van der Waals surface area contributed by atoms with Crippen LogP contribution in [0.1, 0.15) is 11.4 Å². The largest absolute Gasteiger partial charge is 0.649 e. The van der Waals surface area contributed by atoms with E-state index in [-0.39, 0.29) is 0 Å². The number of imidazole rings is 1. The Bertz CT molecular complexity index is 6610. The van der Waals surface area contributed by atoms with Gasteiger partial charge in [0.15, 0.2) is 0 Å². The molecule has 0 N–H and O–H groups in total. The van der Waals surface area contributed by atoms with E-state index in [1.165, 1.54) is 38.9 Å². The number of fused-ring (bicyclic) bond motifs is 16. The maximum atomic E-state index is 5.19. The van der Waals surface area contributed by atoms with Crippen LogP contribution >= 0.6 is 0 Å². The quantitative estimate of drug-likeness (QED) is 0.105. The number of para-hydroxylation sites is 3. The minimum absolute atomic E-state index is 0.839. The molecular weight excluding hydrogens is 1360 g/mol. The van der Waals surface area contributed by atoms with Gasteiger partial charge in [0, 0.05) is 152 Å². The Labute approximate surface area is 632 Å². The van der Waals surface area contributed by atoms with Gasteiger partial charge in [0.05, 0.1) is 89.6 Å². The van der Waals surface area contributed by atoms with Gasteiger partial charge in [0.2, 0.25) is 0 Å². The van der Waals surface area contributed by atoms with Crippen molar-refractivity contribution in [1.29, 1.82) is 0 Å². The summed E-state index contributed by atoms with van der Waals surface area (Å²) in [6.07, 6.45) is 26.1. The van der Waals surface area contributed by atoms with Crippen LogP contribution in [0.2, 0.25) is 0 Å². The van der Waals surface area contributed by atoms with E-state index in [4.69, 9.17) is 23.7 Å². The lowest BCUT2D eigenvalue weighted by atomic mass is 9.95. The zero-order valence-corrected chi connectivity index (χ0v) is 60.6. The summed E-state index contributed by atoms with van der Waals surface area (Å²) in [6.45, 7) is 4.11. The molecule has 14 heterocycles. The molecule has 22 rings (SSSR count). The van der Waals surface area contributed by atoms with Gasteiger partial charge in [-0.2, -0.15) is 0 Å². The van der Waals surface area contributed by atoms with Gasteiger partial charge in [0.25, 0.3) is 0 Å². The van der Waals surface area contributed by atoms with Crippen LogP contribution in [0.4, 0.5) is 0 Å². The normalized spacial score (nSPS) is 11.4. The summed E-state index contributed by atoms with van der Waals surface area (Å²) >= 11 is 1.47. The van der Waals surface area contributed by atoms with Gasteiger partial charge in [-0.1, -0.05) is 127 Å². The highest BCUT2D eigenvalue weighted by Crippen LogP contribution is 2.40. The van der Waals surface area contributed by atoms with Gasteiger partial charge >= 0.3 is 16.6 Å². The van der Waals surface area contributed by atoms with E-state index in [1.54, 1.807) is 12.4 Å². The number of benzene rings is 8. The zero-order valence-electron chi connectivity index (χ0n) is 59.2. The summed E-state index contributed by atoms with van der Waals surface area (Å²) in [5.74, 6) is 0.839. The van der Waals surface area contributed by atoms with E-state index >= 15 is 0 Å². The van der Waals surface area contributed by atoms with Crippen LogP contribution in [0.25, 0.3) is 171 Å². The van der Waals surface area contributed by atoms with Gasteiger partial charge in [-0.25, -0.2) is 4.98 Å². The molecule has 22 aromatic rings. The number of nitrogens with zero attached hydrogens (tertiary/aromatic N) is 15. The van der Waals surface area contributed by atoms with Crippen molar-refractivity contribution in [2.45, 2.75) is 13.8 Å². The average molecular weight is 1420 g/mol. The molecule has 109 heavy (non-hydrogen) atoms. The molecule has 8 aromatic carbocycles. The van der Waals surface area contributed by atoms with Crippen LogP contribution in [0.5, 0.6) is 5.75 Å². The standard InChI is InChI=1S/C31H20N6.C26H16N6.C26H20N2.C9H7NO.Al.H/c1-3-9-26-24(7-1)30-28(11-5-13-33-30)36(26)22-17-21(35-16-15-32-20-35)18-23(19-22)37-27-10-4-2-8-25(27)31-29(37)12-6-14-34-31;1-2-18(32-25-7-11-29-15-21(25)22-16-30-12-8-26(22)32)4-3-17(1)31-23-5-9-27-13-19(23)20-14-28-10-6-24(20)31;1-17-15-23(19-9-5-3-6-10-19)21-13-14-22-24(20-11-7-4-8-12-20)16-18(2)28-26(22)25(21)27-17;11-8-5-1-3-7-4-2-6-10-9(7)8;;/h1-20H;1-16H;3-16H,1-2H3;1-6,11H;;/q;;;;+1;/p-1. The molecule has 0 spiro atoms. The first-order chi connectivity index (χ1) is 53.9. The minimum Gasteiger partial charge on any atom is -0.649 e. The van der Waals surface area contributed by atoms with Gasteiger partial charge in [-0.3, -0.25) is 44.9 Å². The molecule has 0 aliphatic carbocycles. The van der Waals surface area contributed by atoms with Gasteiger partial charge in [0.1, 0.15) is 11.3 Å². The molecule has 0 fully saturated rings. The molecule has 1 radical (unpaired) electrons. The second-order valence-electron chi connectivity index (χ2n) is 26.6. The Kier molecular flexibility index (Phi) is 16.8. The summed E-state index contributed by atoms with van der Waals surface area (Å²) in [6, 6.07) is 88.2. The van der Waals surface area contributed by atoms with Crippen LogP contribution in [0.15, 0.2) is 342 Å². The van der Waals surface area contributed by atoms with E-state index in [1.807, 2.05) is 134 Å². The highest BCUT2D eigenvalue weighted by molar-refractivity contribution is 6.14. The van der Waals surface area contributed by atoms with E-state index < -0.39 is 0 Å². The van der Waals surface area contributed by atoms with Crippen molar-refractivity contribution in [3.63, 3.8) is 0 Å². The third kappa shape index (κ3) is 11.8. The van der Waals surface area contributed by atoms with Crippen LogP contribution in [-0.4, -0.2) is 89.3 Å². The highest BCUT2D eigenvalue weighted by Gasteiger charge is 2.21. The Morgan fingerprint density at radius 3 is 1.13 bits per heavy atom. The monoisotopic (exact) mass is 1420 g/mol. The lowest BCUT2D eigenvalue weighted by Gasteiger charge is -2.15. The smallest absolute Gasteiger partial charge is 0.494 e. The SMILES string of the molecule is Cc1cc(-c2ccccc2)c2ccc3c(-c4ccccc4)cc(C)nc3c2n1.[AlH][O]c1cccc2cccnc12.c1cc2c(cn1)c1cnccc1n2-c1ccc(-n2c3ccncc3c3cnccc32)cc1.c1ccc2c(c1)c1ncccc1n2-c1cc(-n2ccnc2)cc(-n2c3ccccc3c3ncccc32)c1. The Balaban J connectivity index is 0.000000104. The van der Waals surface area contributed by atoms with E-state index in [0.717, 1.165) is 166 Å². The fourth-order valence-electron chi connectivity index (χ4n) is 15.4.